The highest BCUT2D eigenvalue weighted by Crippen LogP contribution is 2.25. The molecule has 2 N–H and O–H groups in total. The molecule has 0 aliphatic heterocycles. The summed E-state index contributed by atoms with van der Waals surface area (Å²) in [5, 5.41) is 3.56. The van der Waals surface area contributed by atoms with E-state index in [1.807, 2.05) is 49.4 Å². The van der Waals surface area contributed by atoms with Crippen LogP contribution < -0.4 is 10.0 Å². The van der Waals surface area contributed by atoms with Gasteiger partial charge in [-0.1, -0.05) is 31.2 Å². The topological polar surface area (TPSA) is 101 Å². The van der Waals surface area contributed by atoms with Gasteiger partial charge in [-0.15, -0.1) is 0 Å². The van der Waals surface area contributed by atoms with Crippen molar-refractivity contribution in [1.82, 2.24) is 14.7 Å². The van der Waals surface area contributed by atoms with Crippen LogP contribution in [-0.2, 0) is 10.0 Å². The fraction of sp³-hybridized carbons (Fsp3) is 0.125. The lowest BCUT2D eigenvalue weighted by Gasteiger charge is -2.11. The summed E-state index contributed by atoms with van der Waals surface area (Å²) in [5.41, 5.74) is 2.89. The lowest BCUT2D eigenvalue weighted by Crippen LogP contribution is -2.24. The van der Waals surface area contributed by atoms with Crippen LogP contribution in [0.5, 0.6) is 0 Å². The van der Waals surface area contributed by atoms with Gasteiger partial charge in [0.2, 0.25) is 10.0 Å². The van der Waals surface area contributed by atoms with Crippen molar-refractivity contribution in [2.24, 2.45) is 0 Å². The second-order valence-corrected chi connectivity index (χ2v) is 8.93. The monoisotopic (exact) mass is 446 g/mol. The molecule has 1 amide bonds. The Morgan fingerprint density at radius 2 is 1.69 bits per heavy atom. The molecule has 32 heavy (non-hydrogen) atoms. The van der Waals surface area contributed by atoms with Crippen LogP contribution in [0.25, 0.3) is 22.3 Å². The van der Waals surface area contributed by atoms with Crippen LogP contribution in [-0.4, -0.2) is 30.8 Å². The van der Waals surface area contributed by atoms with Crippen LogP contribution in [0.3, 0.4) is 0 Å². The number of hydrogen-bond acceptors (Lipinski definition) is 5. The molecule has 0 radical (unpaired) electrons. The van der Waals surface area contributed by atoms with E-state index in [2.05, 4.69) is 20.0 Å². The van der Waals surface area contributed by atoms with E-state index in [1.165, 1.54) is 12.1 Å². The molecule has 162 valence electrons. The van der Waals surface area contributed by atoms with E-state index in [4.69, 9.17) is 0 Å². The lowest BCUT2D eigenvalue weighted by molar-refractivity contribution is 0.102. The predicted octanol–water partition coefficient (Wildman–Crippen LogP) is 4.24. The van der Waals surface area contributed by atoms with Crippen molar-refractivity contribution in [2.45, 2.75) is 18.2 Å². The van der Waals surface area contributed by atoms with Crippen molar-refractivity contribution in [3.8, 4) is 11.4 Å². The summed E-state index contributed by atoms with van der Waals surface area (Å²) in [6.45, 7) is 2.26. The second-order valence-electron chi connectivity index (χ2n) is 7.16. The van der Waals surface area contributed by atoms with E-state index in [0.29, 0.717) is 46.5 Å². The van der Waals surface area contributed by atoms with Gasteiger partial charge in [-0.2, -0.15) is 0 Å². The van der Waals surface area contributed by atoms with Crippen molar-refractivity contribution in [2.75, 3.05) is 11.9 Å². The minimum absolute atomic E-state index is 0.149. The molecule has 0 aliphatic carbocycles. The summed E-state index contributed by atoms with van der Waals surface area (Å²) >= 11 is 0. The number of amides is 1. The van der Waals surface area contributed by atoms with Gasteiger partial charge in [0, 0.05) is 23.8 Å². The number of aromatic nitrogens is 2. The highest BCUT2D eigenvalue weighted by molar-refractivity contribution is 7.89. The quantitative estimate of drug-likeness (QED) is 0.442. The first-order valence-corrected chi connectivity index (χ1v) is 11.7. The summed E-state index contributed by atoms with van der Waals surface area (Å²) in [6, 6.07) is 20.7. The zero-order chi connectivity index (χ0) is 22.6. The maximum atomic E-state index is 13.1. The molecule has 0 bridgehead atoms. The standard InChI is InChI=1S/C24H22N4O3S/c1-2-14-26-32(30,31)18-12-10-17(11-13-18)27-24(29)20-16-23(22-9-5-6-15-25-22)28-21-8-4-3-7-19(20)21/h3-13,15-16,26H,2,14H2,1H3,(H,27,29). The Morgan fingerprint density at radius 3 is 2.41 bits per heavy atom. The van der Waals surface area contributed by atoms with Crippen LogP contribution in [0.2, 0.25) is 0 Å². The third-order valence-corrected chi connectivity index (χ3v) is 6.33. The second kappa shape index (κ2) is 9.25. The Bertz CT molecular complexity index is 1360. The van der Waals surface area contributed by atoms with E-state index in [1.54, 1.807) is 24.4 Å². The maximum absolute atomic E-state index is 13.1. The zero-order valence-corrected chi connectivity index (χ0v) is 18.3. The molecule has 0 spiro atoms. The normalized spacial score (nSPS) is 11.4. The number of sulfonamides is 1. The number of benzene rings is 2. The summed E-state index contributed by atoms with van der Waals surface area (Å²) in [7, 11) is -3.56. The van der Waals surface area contributed by atoms with E-state index >= 15 is 0 Å². The minimum Gasteiger partial charge on any atom is -0.322 e. The van der Waals surface area contributed by atoms with Gasteiger partial charge in [0.15, 0.2) is 0 Å². The average molecular weight is 447 g/mol. The molecule has 2 aromatic carbocycles. The zero-order valence-electron chi connectivity index (χ0n) is 17.4. The molecule has 0 atom stereocenters. The molecule has 0 fully saturated rings. The highest BCUT2D eigenvalue weighted by Gasteiger charge is 2.16. The summed E-state index contributed by atoms with van der Waals surface area (Å²) < 4.78 is 27.0. The van der Waals surface area contributed by atoms with Gasteiger partial charge in [0.1, 0.15) is 0 Å². The largest absolute Gasteiger partial charge is 0.322 e. The molecular weight excluding hydrogens is 424 g/mol. The first-order valence-electron chi connectivity index (χ1n) is 10.2. The van der Waals surface area contributed by atoms with Crippen LogP contribution in [0.1, 0.15) is 23.7 Å². The first-order chi connectivity index (χ1) is 15.5. The molecule has 2 aromatic heterocycles. The maximum Gasteiger partial charge on any atom is 0.256 e. The molecular formula is C24H22N4O3S. The number of carbonyl (C=O) groups excluding carboxylic acids is 1. The molecule has 0 saturated heterocycles. The van der Waals surface area contributed by atoms with E-state index in [9.17, 15) is 13.2 Å². The molecule has 4 aromatic rings. The summed E-state index contributed by atoms with van der Waals surface area (Å²) in [5.74, 6) is -0.319. The third kappa shape index (κ3) is 4.66. The fourth-order valence-corrected chi connectivity index (χ4v) is 4.38. The number of hydrogen-bond donors (Lipinski definition) is 2. The smallest absolute Gasteiger partial charge is 0.256 e. The molecule has 4 rings (SSSR count). The molecule has 7 nitrogen and oxygen atoms in total. The van der Waals surface area contributed by atoms with Crippen molar-refractivity contribution in [1.29, 1.82) is 0 Å². The predicted molar refractivity (Wildman–Crippen MR) is 125 cm³/mol. The van der Waals surface area contributed by atoms with Crippen molar-refractivity contribution < 1.29 is 13.2 Å². The van der Waals surface area contributed by atoms with Gasteiger partial charge in [-0.25, -0.2) is 18.1 Å². The van der Waals surface area contributed by atoms with Crippen molar-refractivity contribution in [3.63, 3.8) is 0 Å². The molecule has 2 heterocycles. The van der Waals surface area contributed by atoms with E-state index in [-0.39, 0.29) is 10.8 Å². The average Bonchev–Trinajstić information content (AvgIpc) is 2.83. The van der Waals surface area contributed by atoms with Crippen LogP contribution in [0, 0.1) is 0 Å². The van der Waals surface area contributed by atoms with Gasteiger partial charge < -0.3 is 5.32 Å². The van der Waals surface area contributed by atoms with Crippen LogP contribution in [0.15, 0.2) is 83.9 Å². The van der Waals surface area contributed by atoms with Crippen molar-refractivity contribution in [3.05, 3.63) is 84.6 Å². The Hall–Kier alpha value is -3.62. The van der Waals surface area contributed by atoms with Gasteiger partial charge in [0.25, 0.3) is 5.91 Å². The Kier molecular flexibility index (Phi) is 6.25. The molecule has 0 unspecified atom stereocenters. The molecule has 0 aliphatic rings. The van der Waals surface area contributed by atoms with E-state index < -0.39 is 10.0 Å². The number of nitrogens with one attached hydrogen (secondary N) is 2. The van der Waals surface area contributed by atoms with Crippen LogP contribution in [0.4, 0.5) is 5.69 Å². The summed E-state index contributed by atoms with van der Waals surface area (Å²) in [6.07, 6.45) is 2.38. The number of pyridine rings is 2. The SMILES string of the molecule is CCCNS(=O)(=O)c1ccc(NC(=O)c2cc(-c3ccccn3)nc3ccccc23)cc1. The Balaban J connectivity index is 1.64. The Labute approximate surface area is 186 Å². The van der Waals surface area contributed by atoms with Gasteiger partial charge in [-0.3, -0.25) is 9.78 Å². The Morgan fingerprint density at radius 1 is 0.938 bits per heavy atom. The minimum atomic E-state index is -3.56. The number of para-hydroxylation sites is 1. The van der Waals surface area contributed by atoms with E-state index in [0.717, 1.165) is 0 Å². The fourth-order valence-electron chi connectivity index (χ4n) is 3.24. The number of rotatable bonds is 7. The van der Waals surface area contributed by atoms with Gasteiger partial charge >= 0.3 is 0 Å². The molecule has 8 heteroatoms. The number of anilines is 1. The van der Waals surface area contributed by atoms with Gasteiger partial charge in [0.05, 0.1) is 27.4 Å². The van der Waals surface area contributed by atoms with Crippen LogP contribution >= 0.6 is 0 Å². The lowest BCUT2D eigenvalue weighted by atomic mass is 10.1. The number of nitrogens with zero attached hydrogens (tertiary/aromatic N) is 2. The first kappa shape index (κ1) is 21.6. The summed E-state index contributed by atoms with van der Waals surface area (Å²) in [4.78, 5) is 22.3. The number of carbonyl (C=O) groups is 1. The van der Waals surface area contributed by atoms with Crippen molar-refractivity contribution >= 4 is 32.5 Å². The van der Waals surface area contributed by atoms with Gasteiger partial charge in [-0.05, 0) is 55.0 Å². The molecule has 0 saturated carbocycles. The number of fused-ring (bicyclic) bond motifs is 1. The highest BCUT2D eigenvalue weighted by atomic mass is 32.2. The third-order valence-electron chi connectivity index (χ3n) is 4.85.